The second-order valence-electron chi connectivity index (χ2n) is 5.66. The summed E-state index contributed by atoms with van der Waals surface area (Å²) in [6.45, 7) is -0.456. The van der Waals surface area contributed by atoms with E-state index in [0.717, 1.165) is 0 Å². The molecule has 0 unspecified atom stereocenters. The third-order valence-electron chi connectivity index (χ3n) is 3.42. The zero-order valence-electron chi connectivity index (χ0n) is 14.9. The summed E-state index contributed by atoms with van der Waals surface area (Å²) in [4.78, 5) is 35.2. The molecule has 0 aromatic heterocycles. The van der Waals surface area contributed by atoms with Gasteiger partial charge >= 0.3 is 5.69 Å². The summed E-state index contributed by atoms with van der Waals surface area (Å²) >= 11 is 0. The molecule has 0 aliphatic carbocycles. The summed E-state index contributed by atoms with van der Waals surface area (Å²) in [5, 5.41) is 13.5. The fraction of sp³-hybridized carbons (Fsp3) is 0.222. The van der Waals surface area contributed by atoms with Crippen LogP contribution >= 0.6 is 0 Å². The minimum absolute atomic E-state index is 0.0203. The van der Waals surface area contributed by atoms with E-state index in [4.69, 9.17) is 9.47 Å². The van der Waals surface area contributed by atoms with Crippen LogP contribution in [0.4, 0.5) is 11.4 Å². The molecule has 0 heterocycles. The van der Waals surface area contributed by atoms with Crippen LogP contribution in [0.1, 0.15) is 0 Å². The molecule has 0 saturated heterocycles. The predicted molar refractivity (Wildman–Crippen MR) is 97.9 cm³/mol. The van der Waals surface area contributed by atoms with Crippen LogP contribution in [0, 0.1) is 10.1 Å². The third-order valence-corrected chi connectivity index (χ3v) is 3.42. The van der Waals surface area contributed by atoms with Crippen molar-refractivity contribution in [1.29, 1.82) is 0 Å². The number of carbonyl (C=O) groups is 2. The fourth-order valence-corrected chi connectivity index (χ4v) is 1.98. The van der Waals surface area contributed by atoms with E-state index in [2.05, 4.69) is 5.32 Å². The Morgan fingerprint density at radius 1 is 1.04 bits per heavy atom. The van der Waals surface area contributed by atoms with E-state index in [1.165, 1.54) is 23.1 Å². The number of hydrogen-bond acceptors (Lipinski definition) is 6. The minimum atomic E-state index is -0.576. The molecule has 2 aromatic rings. The van der Waals surface area contributed by atoms with Crippen molar-refractivity contribution in [2.45, 2.75) is 0 Å². The van der Waals surface area contributed by atoms with Gasteiger partial charge in [-0.2, -0.15) is 0 Å². The highest BCUT2D eigenvalue weighted by molar-refractivity contribution is 5.92. The van der Waals surface area contributed by atoms with Gasteiger partial charge in [0.2, 0.25) is 0 Å². The van der Waals surface area contributed by atoms with Crippen molar-refractivity contribution in [3.63, 3.8) is 0 Å². The second-order valence-corrected chi connectivity index (χ2v) is 5.66. The highest BCUT2D eigenvalue weighted by Gasteiger charge is 2.15. The van der Waals surface area contributed by atoms with E-state index in [-0.39, 0.29) is 30.6 Å². The summed E-state index contributed by atoms with van der Waals surface area (Å²) in [6.07, 6.45) is 0. The summed E-state index contributed by atoms with van der Waals surface area (Å²) in [5.41, 5.74) is 0.288. The maximum Gasteiger partial charge on any atom is 0.310 e. The Hall–Kier alpha value is -3.62. The number of nitro benzene ring substituents is 1. The zero-order chi connectivity index (χ0) is 19.8. The number of amides is 2. The smallest absolute Gasteiger partial charge is 0.310 e. The Balaban J connectivity index is 1.86. The van der Waals surface area contributed by atoms with Gasteiger partial charge in [0.1, 0.15) is 5.75 Å². The van der Waals surface area contributed by atoms with Crippen LogP contribution in [-0.2, 0) is 9.59 Å². The number of nitro groups is 1. The normalized spacial score (nSPS) is 10.0. The van der Waals surface area contributed by atoms with Crippen LogP contribution in [0.5, 0.6) is 11.5 Å². The van der Waals surface area contributed by atoms with Gasteiger partial charge in [0, 0.05) is 25.8 Å². The van der Waals surface area contributed by atoms with Crippen LogP contribution < -0.4 is 14.8 Å². The number of nitrogens with zero attached hydrogens (tertiary/aromatic N) is 2. The number of para-hydroxylation sites is 2. The number of nitrogens with one attached hydrogen (secondary N) is 1. The van der Waals surface area contributed by atoms with Gasteiger partial charge in [0.25, 0.3) is 11.8 Å². The Morgan fingerprint density at radius 2 is 1.70 bits per heavy atom. The largest absolute Gasteiger partial charge is 0.484 e. The predicted octanol–water partition coefficient (Wildman–Crippen LogP) is 2.08. The van der Waals surface area contributed by atoms with Crippen molar-refractivity contribution in [2.75, 3.05) is 32.6 Å². The molecule has 0 radical (unpaired) electrons. The maximum atomic E-state index is 12.0. The van der Waals surface area contributed by atoms with E-state index in [9.17, 15) is 19.7 Å². The van der Waals surface area contributed by atoms with E-state index in [0.29, 0.717) is 11.4 Å². The van der Waals surface area contributed by atoms with Gasteiger partial charge in [-0.05, 0) is 30.3 Å². The molecule has 0 atom stereocenters. The molecule has 0 saturated carbocycles. The molecule has 2 rings (SSSR count). The number of benzene rings is 2. The van der Waals surface area contributed by atoms with Crippen molar-refractivity contribution in [3.8, 4) is 11.5 Å². The first kappa shape index (κ1) is 19.7. The van der Waals surface area contributed by atoms with Crippen molar-refractivity contribution < 1.29 is 24.0 Å². The fourth-order valence-electron chi connectivity index (χ4n) is 1.98. The first-order chi connectivity index (χ1) is 12.9. The lowest BCUT2D eigenvalue weighted by molar-refractivity contribution is -0.385. The Morgan fingerprint density at radius 3 is 2.33 bits per heavy atom. The number of carbonyl (C=O) groups excluding carboxylic acids is 2. The van der Waals surface area contributed by atoms with Crippen LogP contribution in [0.2, 0.25) is 0 Å². The van der Waals surface area contributed by atoms with Crippen molar-refractivity contribution in [2.24, 2.45) is 0 Å². The Bertz CT molecular complexity index is 820. The molecule has 0 spiro atoms. The van der Waals surface area contributed by atoms with Gasteiger partial charge in [-0.15, -0.1) is 0 Å². The molecule has 142 valence electrons. The van der Waals surface area contributed by atoms with Gasteiger partial charge in [-0.1, -0.05) is 12.1 Å². The first-order valence-electron chi connectivity index (χ1n) is 7.96. The van der Waals surface area contributed by atoms with Gasteiger partial charge in [0.15, 0.2) is 19.0 Å². The summed E-state index contributed by atoms with van der Waals surface area (Å²) in [7, 11) is 3.27. The number of likely N-dealkylation sites (N-methyl/N-ethyl adjacent to an activating group) is 1. The van der Waals surface area contributed by atoms with Crippen LogP contribution in [0.3, 0.4) is 0 Å². The molecular formula is C18H19N3O6. The highest BCUT2D eigenvalue weighted by atomic mass is 16.6. The van der Waals surface area contributed by atoms with Crippen LogP contribution in [0.15, 0.2) is 48.5 Å². The second kappa shape index (κ2) is 9.18. The minimum Gasteiger partial charge on any atom is -0.484 e. The molecule has 0 fully saturated rings. The zero-order valence-corrected chi connectivity index (χ0v) is 14.9. The van der Waals surface area contributed by atoms with Crippen LogP contribution in [-0.4, -0.2) is 48.9 Å². The number of anilines is 1. The monoisotopic (exact) mass is 373 g/mol. The Kier molecular flexibility index (Phi) is 6.70. The summed E-state index contributed by atoms with van der Waals surface area (Å²) < 4.78 is 10.6. The van der Waals surface area contributed by atoms with Gasteiger partial charge in [-0.25, -0.2) is 0 Å². The number of rotatable bonds is 8. The molecule has 27 heavy (non-hydrogen) atoms. The average Bonchev–Trinajstić information content (AvgIpc) is 2.65. The molecular weight excluding hydrogens is 354 g/mol. The van der Waals surface area contributed by atoms with Crippen molar-refractivity contribution in [1.82, 2.24) is 4.90 Å². The quantitative estimate of drug-likeness (QED) is 0.560. The molecule has 1 N–H and O–H groups in total. The summed E-state index contributed by atoms with van der Waals surface area (Å²) in [5.74, 6) is -0.129. The maximum absolute atomic E-state index is 12.0. The standard InChI is InChI=1S/C18H19N3O6/c1-20(2)18(23)12-26-14-9-7-13(8-10-14)19-17(22)11-27-16-6-4-3-5-15(16)21(24)25/h3-10H,11-12H2,1-2H3,(H,19,22). The van der Waals surface area contributed by atoms with E-state index < -0.39 is 10.8 Å². The molecule has 0 bridgehead atoms. The van der Waals surface area contributed by atoms with E-state index >= 15 is 0 Å². The summed E-state index contributed by atoms with van der Waals surface area (Å²) in [6, 6.07) is 12.3. The van der Waals surface area contributed by atoms with Crippen molar-refractivity contribution >= 4 is 23.2 Å². The van der Waals surface area contributed by atoms with E-state index in [1.807, 2.05) is 0 Å². The van der Waals surface area contributed by atoms with Crippen LogP contribution in [0.25, 0.3) is 0 Å². The lowest BCUT2D eigenvalue weighted by Gasteiger charge is -2.12. The highest BCUT2D eigenvalue weighted by Crippen LogP contribution is 2.25. The molecule has 0 aliphatic heterocycles. The van der Waals surface area contributed by atoms with Gasteiger partial charge in [-0.3, -0.25) is 19.7 Å². The lowest BCUT2D eigenvalue weighted by atomic mass is 10.3. The SMILES string of the molecule is CN(C)C(=O)COc1ccc(NC(=O)COc2ccccc2[N+](=O)[O-])cc1. The van der Waals surface area contributed by atoms with Gasteiger partial charge in [0.05, 0.1) is 4.92 Å². The third kappa shape index (κ3) is 5.99. The molecule has 9 heteroatoms. The number of ether oxygens (including phenoxy) is 2. The van der Waals surface area contributed by atoms with E-state index in [1.54, 1.807) is 44.4 Å². The molecule has 9 nitrogen and oxygen atoms in total. The molecule has 0 aliphatic rings. The lowest BCUT2D eigenvalue weighted by Crippen LogP contribution is -2.27. The topological polar surface area (TPSA) is 111 Å². The van der Waals surface area contributed by atoms with Crippen molar-refractivity contribution in [3.05, 3.63) is 58.6 Å². The Labute approximate surface area is 155 Å². The number of hydrogen-bond donors (Lipinski definition) is 1. The van der Waals surface area contributed by atoms with Gasteiger partial charge < -0.3 is 19.7 Å². The molecule has 2 aromatic carbocycles. The molecule has 2 amide bonds. The first-order valence-corrected chi connectivity index (χ1v) is 7.96. The average molecular weight is 373 g/mol.